The molecular formula is C14H16F3N3O5S. The lowest BCUT2D eigenvalue weighted by Gasteiger charge is -2.25. The summed E-state index contributed by atoms with van der Waals surface area (Å²) in [7, 11) is -3.63. The number of rotatable bonds is 6. The first-order valence-corrected chi connectivity index (χ1v) is 9.34. The van der Waals surface area contributed by atoms with Crippen LogP contribution in [0.3, 0.4) is 0 Å². The smallest absolute Gasteiger partial charge is 0.308 e. The predicted octanol–water partition coefficient (Wildman–Crippen LogP) is 1.56. The Hall–Kier alpha value is -2.21. The van der Waals surface area contributed by atoms with E-state index >= 15 is 0 Å². The minimum absolute atomic E-state index is 0.266. The van der Waals surface area contributed by atoms with Crippen LogP contribution in [-0.2, 0) is 10.0 Å². The zero-order chi connectivity index (χ0) is 19.5. The van der Waals surface area contributed by atoms with Crippen LogP contribution in [0, 0.1) is 27.6 Å². The van der Waals surface area contributed by atoms with E-state index < -0.39 is 61.9 Å². The maximum Gasteiger partial charge on any atom is 0.308 e. The summed E-state index contributed by atoms with van der Waals surface area (Å²) < 4.78 is 65.9. The Labute approximate surface area is 147 Å². The van der Waals surface area contributed by atoms with E-state index in [0.717, 1.165) is 19.3 Å². The maximum absolute atomic E-state index is 13.7. The van der Waals surface area contributed by atoms with E-state index in [-0.39, 0.29) is 6.07 Å². The molecule has 0 radical (unpaired) electrons. The van der Waals surface area contributed by atoms with Crippen LogP contribution >= 0.6 is 0 Å². The molecule has 0 spiro atoms. The minimum atomic E-state index is -3.63. The number of nitro groups is 1. The highest BCUT2D eigenvalue weighted by atomic mass is 32.2. The highest BCUT2D eigenvalue weighted by Gasteiger charge is 2.29. The summed E-state index contributed by atoms with van der Waals surface area (Å²) in [6.45, 7) is 0.338. The van der Waals surface area contributed by atoms with Crippen LogP contribution in [0.2, 0.25) is 0 Å². The molecule has 12 heteroatoms. The van der Waals surface area contributed by atoms with Gasteiger partial charge in [0.25, 0.3) is 5.91 Å². The molecule has 0 aromatic heterocycles. The van der Waals surface area contributed by atoms with Gasteiger partial charge in [0.1, 0.15) is 0 Å². The fraction of sp³-hybridized carbons (Fsp3) is 0.500. The van der Waals surface area contributed by atoms with Crippen molar-refractivity contribution < 1.29 is 31.3 Å². The average molecular weight is 395 g/mol. The number of nitrogens with one attached hydrogen (secondary N) is 1. The molecule has 0 atom stereocenters. The maximum atomic E-state index is 13.7. The Morgan fingerprint density at radius 2 is 1.77 bits per heavy atom. The summed E-state index contributed by atoms with van der Waals surface area (Å²) >= 11 is 0. The van der Waals surface area contributed by atoms with Crippen LogP contribution in [0.15, 0.2) is 6.07 Å². The van der Waals surface area contributed by atoms with Gasteiger partial charge in [0.15, 0.2) is 5.82 Å². The summed E-state index contributed by atoms with van der Waals surface area (Å²) in [5.74, 6) is -7.79. The molecule has 1 heterocycles. The van der Waals surface area contributed by atoms with Gasteiger partial charge in [-0.3, -0.25) is 14.9 Å². The van der Waals surface area contributed by atoms with Gasteiger partial charge in [0.2, 0.25) is 21.7 Å². The summed E-state index contributed by atoms with van der Waals surface area (Å²) in [6, 6.07) is 0.266. The molecule has 0 aliphatic carbocycles. The molecule has 0 bridgehead atoms. The topological polar surface area (TPSA) is 110 Å². The van der Waals surface area contributed by atoms with Gasteiger partial charge in [0.05, 0.1) is 16.2 Å². The molecular weight excluding hydrogens is 379 g/mol. The number of carbonyl (C=O) groups excluding carboxylic acids is 1. The average Bonchev–Trinajstić information content (AvgIpc) is 2.60. The number of piperidine rings is 1. The number of hydrogen-bond acceptors (Lipinski definition) is 5. The lowest BCUT2D eigenvalue weighted by molar-refractivity contribution is -0.387. The van der Waals surface area contributed by atoms with Crippen LogP contribution in [0.25, 0.3) is 0 Å². The largest absolute Gasteiger partial charge is 0.351 e. The second-order valence-electron chi connectivity index (χ2n) is 5.67. The quantitative estimate of drug-likeness (QED) is 0.447. The first-order valence-electron chi connectivity index (χ1n) is 7.73. The molecule has 1 N–H and O–H groups in total. The van der Waals surface area contributed by atoms with Crippen LogP contribution in [0.4, 0.5) is 18.9 Å². The monoisotopic (exact) mass is 395 g/mol. The van der Waals surface area contributed by atoms with Crippen molar-refractivity contribution in [3.05, 3.63) is 39.2 Å². The highest BCUT2D eigenvalue weighted by Crippen LogP contribution is 2.25. The van der Waals surface area contributed by atoms with E-state index in [4.69, 9.17) is 0 Å². The van der Waals surface area contributed by atoms with Crippen molar-refractivity contribution in [3.63, 3.8) is 0 Å². The zero-order valence-corrected chi connectivity index (χ0v) is 14.3. The van der Waals surface area contributed by atoms with Gasteiger partial charge in [0, 0.05) is 25.7 Å². The van der Waals surface area contributed by atoms with Crippen LogP contribution < -0.4 is 5.32 Å². The predicted molar refractivity (Wildman–Crippen MR) is 84.5 cm³/mol. The van der Waals surface area contributed by atoms with Crippen molar-refractivity contribution >= 4 is 21.6 Å². The van der Waals surface area contributed by atoms with Crippen molar-refractivity contribution in [2.75, 3.05) is 25.4 Å². The number of carbonyl (C=O) groups is 1. The number of benzene rings is 1. The van der Waals surface area contributed by atoms with Crippen molar-refractivity contribution in [2.24, 2.45) is 0 Å². The van der Waals surface area contributed by atoms with Crippen molar-refractivity contribution in [1.29, 1.82) is 0 Å². The number of hydrogen-bond donors (Lipinski definition) is 1. The standard InChI is InChI=1S/C14H16F3N3O5S/c15-11-9(8-10(20(22)23)12(16)13(11)17)14(21)18-4-7-26(24,25)19-5-2-1-3-6-19/h8H,1-7H2,(H,18,21). The molecule has 8 nitrogen and oxygen atoms in total. The van der Waals surface area contributed by atoms with Gasteiger partial charge >= 0.3 is 5.69 Å². The van der Waals surface area contributed by atoms with E-state index in [2.05, 4.69) is 5.32 Å². The molecule has 1 aliphatic heterocycles. The Balaban J connectivity index is 2.07. The van der Waals surface area contributed by atoms with Gasteiger partial charge in [-0.05, 0) is 12.8 Å². The Bertz CT molecular complexity index is 826. The number of nitro benzene ring substituents is 1. The van der Waals surface area contributed by atoms with E-state index in [0.29, 0.717) is 13.1 Å². The molecule has 2 rings (SSSR count). The van der Waals surface area contributed by atoms with E-state index in [1.807, 2.05) is 0 Å². The normalized spacial score (nSPS) is 15.7. The van der Waals surface area contributed by atoms with Gasteiger partial charge in [-0.25, -0.2) is 21.5 Å². The number of halogens is 3. The third kappa shape index (κ3) is 4.30. The second-order valence-corrected chi connectivity index (χ2v) is 7.76. The fourth-order valence-electron chi connectivity index (χ4n) is 2.55. The molecule has 0 saturated carbocycles. The van der Waals surface area contributed by atoms with Gasteiger partial charge in [-0.2, -0.15) is 4.39 Å². The SMILES string of the molecule is O=C(NCCS(=O)(=O)N1CCCCC1)c1cc([N+](=O)[O-])c(F)c(F)c1F. The summed E-state index contributed by atoms with van der Waals surface area (Å²) in [5.41, 5.74) is -2.47. The van der Waals surface area contributed by atoms with Crippen LogP contribution in [-0.4, -0.2) is 48.9 Å². The molecule has 1 saturated heterocycles. The molecule has 1 amide bonds. The third-order valence-corrected chi connectivity index (χ3v) is 5.80. The Morgan fingerprint density at radius 3 is 2.35 bits per heavy atom. The molecule has 1 aromatic rings. The summed E-state index contributed by atoms with van der Waals surface area (Å²) in [6.07, 6.45) is 2.39. The van der Waals surface area contributed by atoms with E-state index in [1.165, 1.54) is 4.31 Å². The van der Waals surface area contributed by atoms with Gasteiger partial charge in [-0.15, -0.1) is 0 Å². The lowest BCUT2D eigenvalue weighted by atomic mass is 10.1. The minimum Gasteiger partial charge on any atom is -0.351 e. The van der Waals surface area contributed by atoms with Crippen molar-refractivity contribution in [1.82, 2.24) is 9.62 Å². The molecule has 1 aliphatic rings. The van der Waals surface area contributed by atoms with Crippen LogP contribution in [0.5, 0.6) is 0 Å². The summed E-state index contributed by atoms with van der Waals surface area (Å²) in [4.78, 5) is 21.2. The molecule has 0 unspecified atom stereocenters. The van der Waals surface area contributed by atoms with Gasteiger partial charge in [-0.1, -0.05) is 6.42 Å². The molecule has 144 valence electrons. The molecule has 26 heavy (non-hydrogen) atoms. The lowest BCUT2D eigenvalue weighted by Crippen LogP contribution is -2.40. The van der Waals surface area contributed by atoms with Crippen molar-refractivity contribution in [2.45, 2.75) is 19.3 Å². The Morgan fingerprint density at radius 1 is 1.15 bits per heavy atom. The Kier molecular flexibility index (Phi) is 6.18. The molecule has 1 fully saturated rings. The number of nitrogens with zero attached hydrogens (tertiary/aromatic N) is 2. The van der Waals surface area contributed by atoms with E-state index in [9.17, 15) is 36.5 Å². The fourth-order valence-corrected chi connectivity index (χ4v) is 3.98. The van der Waals surface area contributed by atoms with Crippen molar-refractivity contribution in [3.8, 4) is 0 Å². The van der Waals surface area contributed by atoms with Gasteiger partial charge < -0.3 is 5.32 Å². The number of sulfonamides is 1. The second kappa shape index (κ2) is 7.99. The number of amides is 1. The first-order chi connectivity index (χ1) is 12.1. The summed E-state index contributed by atoms with van der Waals surface area (Å²) in [5, 5.41) is 12.7. The zero-order valence-electron chi connectivity index (χ0n) is 13.5. The highest BCUT2D eigenvalue weighted by molar-refractivity contribution is 7.89. The molecule has 1 aromatic carbocycles. The van der Waals surface area contributed by atoms with Crippen LogP contribution in [0.1, 0.15) is 29.6 Å². The first kappa shape index (κ1) is 20.1. The van der Waals surface area contributed by atoms with E-state index in [1.54, 1.807) is 0 Å². The third-order valence-electron chi connectivity index (χ3n) is 3.92.